The first kappa shape index (κ1) is 15.6. The lowest BCUT2D eigenvalue weighted by Gasteiger charge is -2.24. The third-order valence-corrected chi connectivity index (χ3v) is 3.52. The van der Waals surface area contributed by atoms with Crippen LogP contribution < -0.4 is 4.72 Å². The molecule has 7 heteroatoms. The first-order chi connectivity index (χ1) is 9.53. The zero-order valence-corrected chi connectivity index (χ0v) is 13.5. The van der Waals surface area contributed by atoms with Gasteiger partial charge in [0.05, 0.1) is 0 Å². The lowest BCUT2D eigenvalue weighted by molar-refractivity contribution is 0.0242. The van der Waals surface area contributed by atoms with Crippen LogP contribution in [0, 0.1) is 4.78 Å². The van der Waals surface area contributed by atoms with Crippen molar-refractivity contribution in [3.63, 3.8) is 0 Å². The molecule has 1 heterocycles. The van der Waals surface area contributed by atoms with E-state index in [9.17, 15) is 9.00 Å². The van der Waals surface area contributed by atoms with Crippen LogP contribution in [0.3, 0.4) is 0 Å². The number of fused-ring (bicyclic) bond motifs is 1. The highest BCUT2D eigenvalue weighted by Crippen LogP contribution is 2.27. The maximum atomic E-state index is 12.1. The van der Waals surface area contributed by atoms with Gasteiger partial charge in [0.25, 0.3) is 0 Å². The van der Waals surface area contributed by atoms with E-state index in [4.69, 9.17) is 9.52 Å². The summed E-state index contributed by atoms with van der Waals surface area (Å²) in [5.41, 5.74) is 2.13. The number of amides is 1. The Morgan fingerprint density at radius 1 is 1.33 bits per heavy atom. The largest absolute Gasteiger partial charge is 0.444 e. The monoisotopic (exact) mass is 311 g/mol. The highest BCUT2D eigenvalue weighted by atomic mass is 32.2. The summed E-state index contributed by atoms with van der Waals surface area (Å²) in [6.45, 7) is 6.47. The minimum Gasteiger partial charge on any atom is -0.444 e. The molecule has 6 nitrogen and oxygen atoms in total. The normalized spacial score (nSPS) is 17.0. The third kappa shape index (κ3) is 4.35. The first-order valence-electron chi connectivity index (χ1n) is 6.65. The summed E-state index contributed by atoms with van der Waals surface area (Å²) < 4.78 is 26.9. The SMILES string of the molecule is CC(C)(C)OC(=O)N1Cc2ccc(NS(C)(=N)=O)cc2C1. The van der Waals surface area contributed by atoms with Crippen LogP contribution in [0.25, 0.3) is 0 Å². The lowest BCUT2D eigenvalue weighted by atomic mass is 10.1. The Bertz CT molecular complexity index is 663. The Morgan fingerprint density at radius 2 is 1.95 bits per heavy atom. The number of carbonyl (C=O) groups is 1. The molecule has 2 rings (SSSR count). The molecule has 1 aromatic carbocycles. The molecule has 21 heavy (non-hydrogen) atoms. The highest BCUT2D eigenvalue weighted by Gasteiger charge is 2.27. The summed E-state index contributed by atoms with van der Waals surface area (Å²) in [5.74, 6) is 0. The second-order valence-corrected chi connectivity index (χ2v) is 8.16. The molecule has 0 spiro atoms. The van der Waals surface area contributed by atoms with Crippen molar-refractivity contribution < 1.29 is 13.7 Å². The lowest BCUT2D eigenvalue weighted by Crippen LogP contribution is -2.33. The molecule has 2 N–H and O–H groups in total. The van der Waals surface area contributed by atoms with Gasteiger partial charge in [0.2, 0.25) is 0 Å². The van der Waals surface area contributed by atoms with Crippen molar-refractivity contribution in [2.45, 2.75) is 39.5 Å². The van der Waals surface area contributed by atoms with Crippen molar-refractivity contribution in [3.05, 3.63) is 29.3 Å². The zero-order valence-electron chi connectivity index (χ0n) is 12.7. The summed E-state index contributed by atoms with van der Waals surface area (Å²) in [5, 5.41) is 0. The van der Waals surface area contributed by atoms with Gasteiger partial charge in [-0.05, 0) is 44.0 Å². The second kappa shape index (κ2) is 5.22. The summed E-state index contributed by atoms with van der Waals surface area (Å²) in [6, 6.07) is 5.49. The Kier molecular flexibility index (Phi) is 3.88. The van der Waals surface area contributed by atoms with Crippen LogP contribution in [0.2, 0.25) is 0 Å². The fourth-order valence-corrected chi connectivity index (χ4v) is 2.72. The topological polar surface area (TPSA) is 82.5 Å². The molecule has 116 valence electrons. The molecule has 1 amide bonds. The molecule has 0 saturated carbocycles. The fraction of sp³-hybridized carbons (Fsp3) is 0.500. The summed E-state index contributed by atoms with van der Waals surface area (Å²) in [6.07, 6.45) is 0.987. The van der Waals surface area contributed by atoms with Crippen LogP contribution >= 0.6 is 0 Å². The van der Waals surface area contributed by atoms with Crippen LogP contribution in [-0.2, 0) is 27.7 Å². The van der Waals surface area contributed by atoms with E-state index in [1.807, 2.05) is 32.9 Å². The minimum atomic E-state index is -2.80. The van der Waals surface area contributed by atoms with Crippen molar-refractivity contribution in [1.29, 1.82) is 4.78 Å². The van der Waals surface area contributed by atoms with E-state index in [1.165, 1.54) is 6.26 Å². The number of nitrogens with one attached hydrogen (secondary N) is 2. The van der Waals surface area contributed by atoms with Crippen LogP contribution in [-0.4, -0.2) is 27.1 Å². The molecule has 0 saturated heterocycles. The standard InChI is InChI=1S/C14H21N3O3S/c1-14(2,3)20-13(18)17-8-10-5-6-12(7-11(10)9-17)16-21(4,15)19/h5-7H,8-9H2,1-4H3,(H2,15,16,19). The summed E-state index contributed by atoms with van der Waals surface area (Å²) >= 11 is 0. The van der Waals surface area contributed by atoms with Gasteiger partial charge in [-0.3, -0.25) is 9.62 Å². The second-order valence-electron chi connectivity index (χ2n) is 6.27. The predicted molar refractivity (Wildman–Crippen MR) is 82.3 cm³/mol. The fourth-order valence-electron chi connectivity index (χ4n) is 2.14. The Balaban J connectivity index is 2.11. The number of anilines is 1. The van der Waals surface area contributed by atoms with Crippen LogP contribution in [0.15, 0.2) is 18.2 Å². The molecule has 1 aromatic rings. The van der Waals surface area contributed by atoms with Gasteiger partial charge in [0.1, 0.15) is 15.5 Å². The first-order valence-corrected chi connectivity index (χ1v) is 8.61. The Labute approximate surface area is 125 Å². The van der Waals surface area contributed by atoms with Gasteiger partial charge in [-0.1, -0.05) is 6.07 Å². The van der Waals surface area contributed by atoms with Crippen LogP contribution in [0.5, 0.6) is 0 Å². The molecule has 1 atom stereocenters. The zero-order chi connectivity index (χ0) is 15.8. The third-order valence-electron chi connectivity index (χ3n) is 2.89. The van der Waals surface area contributed by atoms with Gasteiger partial charge < -0.3 is 4.74 Å². The molecule has 1 aliphatic rings. The van der Waals surface area contributed by atoms with Crippen molar-refractivity contribution >= 4 is 21.7 Å². The molecular formula is C14H21N3O3S. The average molecular weight is 311 g/mol. The quantitative estimate of drug-likeness (QED) is 0.881. The smallest absolute Gasteiger partial charge is 0.410 e. The molecular weight excluding hydrogens is 290 g/mol. The number of ether oxygens (including phenoxy) is 1. The number of benzene rings is 1. The van der Waals surface area contributed by atoms with E-state index < -0.39 is 15.5 Å². The van der Waals surface area contributed by atoms with E-state index in [2.05, 4.69) is 4.72 Å². The molecule has 0 bridgehead atoms. The van der Waals surface area contributed by atoms with Gasteiger partial charge in [-0.15, -0.1) is 0 Å². The highest BCUT2D eigenvalue weighted by molar-refractivity contribution is 7.93. The number of hydrogen-bond donors (Lipinski definition) is 2. The molecule has 0 fully saturated rings. The maximum Gasteiger partial charge on any atom is 0.410 e. The van der Waals surface area contributed by atoms with Crippen molar-refractivity contribution in [2.75, 3.05) is 11.0 Å². The Hall–Kier alpha value is -1.76. The van der Waals surface area contributed by atoms with Gasteiger partial charge in [0, 0.05) is 25.0 Å². The number of rotatable bonds is 2. The van der Waals surface area contributed by atoms with Crippen molar-refractivity contribution in [2.24, 2.45) is 0 Å². The molecule has 1 aliphatic heterocycles. The van der Waals surface area contributed by atoms with E-state index in [-0.39, 0.29) is 6.09 Å². The summed E-state index contributed by atoms with van der Waals surface area (Å²) in [7, 11) is -2.80. The van der Waals surface area contributed by atoms with E-state index >= 15 is 0 Å². The van der Waals surface area contributed by atoms with E-state index in [0.717, 1.165) is 11.1 Å². The van der Waals surface area contributed by atoms with Gasteiger partial charge in [0.15, 0.2) is 0 Å². The van der Waals surface area contributed by atoms with Gasteiger partial charge in [-0.25, -0.2) is 13.8 Å². The van der Waals surface area contributed by atoms with Crippen LogP contribution in [0.4, 0.5) is 10.5 Å². The number of hydrogen-bond acceptors (Lipinski definition) is 4. The van der Waals surface area contributed by atoms with Gasteiger partial charge in [-0.2, -0.15) is 0 Å². The molecule has 0 radical (unpaired) electrons. The minimum absolute atomic E-state index is 0.340. The predicted octanol–water partition coefficient (Wildman–Crippen LogP) is 2.94. The number of nitrogens with zero attached hydrogens (tertiary/aromatic N) is 1. The number of carbonyl (C=O) groups excluding carboxylic acids is 1. The molecule has 1 unspecified atom stereocenters. The van der Waals surface area contributed by atoms with Crippen molar-refractivity contribution in [1.82, 2.24) is 4.90 Å². The van der Waals surface area contributed by atoms with Gasteiger partial charge >= 0.3 is 6.09 Å². The van der Waals surface area contributed by atoms with E-state index in [1.54, 1.807) is 11.0 Å². The average Bonchev–Trinajstić information content (AvgIpc) is 2.67. The summed E-state index contributed by atoms with van der Waals surface area (Å²) in [4.78, 5) is 13.7. The molecule has 0 aromatic heterocycles. The van der Waals surface area contributed by atoms with Crippen molar-refractivity contribution in [3.8, 4) is 0 Å². The van der Waals surface area contributed by atoms with Crippen LogP contribution in [0.1, 0.15) is 31.9 Å². The maximum absolute atomic E-state index is 12.1. The Morgan fingerprint density at radius 3 is 2.52 bits per heavy atom. The van der Waals surface area contributed by atoms with E-state index in [0.29, 0.717) is 18.8 Å². The molecule has 0 aliphatic carbocycles.